The van der Waals surface area contributed by atoms with Crippen molar-refractivity contribution in [3.8, 4) is 11.4 Å². The second kappa shape index (κ2) is 9.64. The minimum absolute atomic E-state index is 0.0556. The lowest BCUT2D eigenvalue weighted by Gasteiger charge is -2.11. The number of thioether (sulfide) groups is 1. The van der Waals surface area contributed by atoms with Crippen molar-refractivity contribution >= 4 is 29.1 Å². The van der Waals surface area contributed by atoms with Gasteiger partial charge in [-0.05, 0) is 63.2 Å². The molecule has 0 aliphatic rings. The minimum Gasteiger partial charge on any atom is -0.326 e. The summed E-state index contributed by atoms with van der Waals surface area (Å²) in [5, 5.41) is 11.8. The summed E-state index contributed by atoms with van der Waals surface area (Å²) in [6.07, 6.45) is 0. The van der Waals surface area contributed by atoms with E-state index in [9.17, 15) is 14.0 Å². The number of amides is 1. The van der Waals surface area contributed by atoms with Gasteiger partial charge in [0.05, 0.1) is 11.4 Å². The van der Waals surface area contributed by atoms with Crippen LogP contribution in [0.1, 0.15) is 34.5 Å². The molecule has 4 aromatic rings. The van der Waals surface area contributed by atoms with E-state index in [1.165, 1.54) is 30.8 Å². The van der Waals surface area contributed by atoms with Crippen LogP contribution in [0.25, 0.3) is 11.4 Å². The maximum absolute atomic E-state index is 13.7. The number of aromatic nitrogens is 4. The molecular weight excluding hydrogens is 453 g/mol. The third-order valence-electron chi connectivity index (χ3n) is 5.35. The molecule has 0 saturated heterocycles. The standard InChI is InChI=1S/C25H24FN5O2S/c1-15-11-23(16(2)30(15)21-9-5-7-19(26)12-21)24(33)14-34-25-29-28-17(3)31(25)22-10-6-8-20(13-22)27-18(4)32/h5-13H,14H2,1-4H3,(H,27,32). The van der Waals surface area contributed by atoms with Crippen molar-refractivity contribution in [3.05, 3.63) is 83.2 Å². The van der Waals surface area contributed by atoms with Gasteiger partial charge in [-0.1, -0.05) is 23.9 Å². The first-order chi connectivity index (χ1) is 16.2. The third kappa shape index (κ3) is 4.79. The van der Waals surface area contributed by atoms with Crippen LogP contribution in [0.15, 0.2) is 59.8 Å². The first-order valence-corrected chi connectivity index (χ1v) is 11.6. The van der Waals surface area contributed by atoms with Crippen LogP contribution in [-0.2, 0) is 4.79 Å². The van der Waals surface area contributed by atoms with Crippen LogP contribution >= 0.6 is 11.8 Å². The molecule has 0 unspecified atom stereocenters. The summed E-state index contributed by atoms with van der Waals surface area (Å²) >= 11 is 1.29. The Hall–Kier alpha value is -3.72. The minimum atomic E-state index is -0.328. The van der Waals surface area contributed by atoms with Crippen molar-refractivity contribution in [1.82, 2.24) is 19.3 Å². The molecule has 0 radical (unpaired) electrons. The molecule has 0 aliphatic carbocycles. The van der Waals surface area contributed by atoms with Gasteiger partial charge >= 0.3 is 0 Å². The number of nitrogens with zero attached hydrogens (tertiary/aromatic N) is 4. The zero-order chi connectivity index (χ0) is 24.4. The number of Topliss-reactive ketones (excluding diaryl/α,β-unsaturated/α-hetero) is 1. The maximum Gasteiger partial charge on any atom is 0.221 e. The molecule has 0 atom stereocenters. The number of aryl methyl sites for hydroxylation is 2. The highest BCUT2D eigenvalue weighted by Gasteiger charge is 2.19. The SMILES string of the molecule is CC(=O)Nc1cccc(-n2c(C)nnc2SCC(=O)c2cc(C)n(-c3cccc(F)c3)c2C)c1. The fourth-order valence-electron chi connectivity index (χ4n) is 3.93. The van der Waals surface area contributed by atoms with E-state index in [0.29, 0.717) is 27.9 Å². The zero-order valence-electron chi connectivity index (χ0n) is 19.3. The van der Waals surface area contributed by atoms with Crippen LogP contribution in [-0.4, -0.2) is 36.8 Å². The lowest BCUT2D eigenvalue weighted by atomic mass is 10.2. The first-order valence-electron chi connectivity index (χ1n) is 10.7. The maximum atomic E-state index is 13.7. The van der Waals surface area contributed by atoms with E-state index >= 15 is 0 Å². The number of benzene rings is 2. The number of nitrogens with one attached hydrogen (secondary N) is 1. The predicted molar refractivity (Wildman–Crippen MR) is 131 cm³/mol. The summed E-state index contributed by atoms with van der Waals surface area (Å²) in [7, 11) is 0. The monoisotopic (exact) mass is 477 g/mol. The lowest BCUT2D eigenvalue weighted by molar-refractivity contribution is -0.114. The number of ketones is 1. The number of carbonyl (C=O) groups excluding carboxylic acids is 2. The average molecular weight is 478 g/mol. The Balaban J connectivity index is 1.57. The number of halogens is 1. The fourth-order valence-corrected chi connectivity index (χ4v) is 4.81. The molecule has 1 amide bonds. The summed E-state index contributed by atoms with van der Waals surface area (Å²) in [6, 6.07) is 15.5. The molecular formula is C25H24FN5O2S. The molecule has 174 valence electrons. The van der Waals surface area contributed by atoms with Crippen molar-refractivity contribution in [3.63, 3.8) is 0 Å². The molecule has 4 rings (SSSR count). The highest BCUT2D eigenvalue weighted by atomic mass is 32.2. The molecule has 9 heteroatoms. The first kappa shape index (κ1) is 23.4. The molecule has 7 nitrogen and oxygen atoms in total. The predicted octanol–water partition coefficient (Wildman–Crippen LogP) is 5.06. The Morgan fingerprint density at radius 2 is 1.68 bits per heavy atom. The van der Waals surface area contributed by atoms with Crippen LogP contribution in [0, 0.1) is 26.6 Å². The Morgan fingerprint density at radius 1 is 0.971 bits per heavy atom. The van der Waals surface area contributed by atoms with Crippen LogP contribution in [0.3, 0.4) is 0 Å². The second-order valence-electron chi connectivity index (χ2n) is 7.91. The summed E-state index contributed by atoms with van der Waals surface area (Å²) in [6.45, 7) is 7.03. The Kier molecular flexibility index (Phi) is 6.65. The van der Waals surface area contributed by atoms with Crippen molar-refractivity contribution in [2.45, 2.75) is 32.9 Å². The molecule has 2 aromatic heterocycles. The number of hydrogen-bond donors (Lipinski definition) is 1. The quantitative estimate of drug-likeness (QED) is 0.297. The highest BCUT2D eigenvalue weighted by molar-refractivity contribution is 7.99. The van der Waals surface area contributed by atoms with Gasteiger partial charge in [-0.25, -0.2) is 4.39 Å². The van der Waals surface area contributed by atoms with Crippen molar-refractivity contribution in [2.24, 2.45) is 0 Å². The second-order valence-corrected chi connectivity index (χ2v) is 8.85. The van der Waals surface area contributed by atoms with E-state index in [0.717, 1.165) is 17.1 Å². The van der Waals surface area contributed by atoms with E-state index in [1.54, 1.807) is 12.1 Å². The molecule has 0 bridgehead atoms. The van der Waals surface area contributed by atoms with Gasteiger partial charge in [0.15, 0.2) is 10.9 Å². The third-order valence-corrected chi connectivity index (χ3v) is 6.28. The van der Waals surface area contributed by atoms with E-state index in [1.807, 2.05) is 60.2 Å². The van der Waals surface area contributed by atoms with Gasteiger partial charge in [0.1, 0.15) is 11.6 Å². The van der Waals surface area contributed by atoms with Crippen molar-refractivity contribution in [1.29, 1.82) is 0 Å². The fraction of sp³-hybridized carbons (Fsp3) is 0.200. The topological polar surface area (TPSA) is 81.8 Å². The van der Waals surface area contributed by atoms with Gasteiger partial charge in [0.2, 0.25) is 5.91 Å². The molecule has 34 heavy (non-hydrogen) atoms. The largest absolute Gasteiger partial charge is 0.326 e. The van der Waals surface area contributed by atoms with E-state index < -0.39 is 0 Å². The number of carbonyl (C=O) groups is 2. The van der Waals surface area contributed by atoms with Crippen molar-refractivity contribution in [2.75, 3.05) is 11.1 Å². The smallest absolute Gasteiger partial charge is 0.221 e. The lowest BCUT2D eigenvalue weighted by Crippen LogP contribution is -2.08. The number of hydrogen-bond acceptors (Lipinski definition) is 5. The van der Waals surface area contributed by atoms with Crippen LogP contribution in [0.2, 0.25) is 0 Å². The summed E-state index contributed by atoms with van der Waals surface area (Å²) in [4.78, 5) is 24.5. The van der Waals surface area contributed by atoms with Crippen LogP contribution in [0.5, 0.6) is 0 Å². The van der Waals surface area contributed by atoms with Crippen LogP contribution < -0.4 is 5.32 Å². The van der Waals surface area contributed by atoms with Gasteiger partial charge in [0, 0.05) is 35.2 Å². The normalized spacial score (nSPS) is 11.0. The Bertz CT molecular complexity index is 1390. The average Bonchev–Trinajstić information content (AvgIpc) is 3.30. The van der Waals surface area contributed by atoms with Gasteiger partial charge in [0.25, 0.3) is 0 Å². The summed E-state index contributed by atoms with van der Waals surface area (Å²) in [5.74, 6) is 0.287. The summed E-state index contributed by atoms with van der Waals surface area (Å²) < 4.78 is 17.5. The van der Waals surface area contributed by atoms with Crippen molar-refractivity contribution < 1.29 is 14.0 Å². The summed E-state index contributed by atoms with van der Waals surface area (Å²) in [5.41, 5.74) is 4.32. The molecule has 2 aromatic carbocycles. The van der Waals surface area contributed by atoms with E-state index in [2.05, 4.69) is 15.5 Å². The molecule has 0 spiro atoms. The van der Waals surface area contributed by atoms with Gasteiger partial charge in [-0.3, -0.25) is 14.2 Å². The molecule has 1 N–H and O–H groups in total. The van der Waals surface area contributed by atoms with E-state index in [-0.39, 0.29) is 23.3 Å². The molecule has 2 heterocycles. The Labute approximate surface area is 201 Å². The molecule has 0 fully saturated rings. The molecule has 0 saturated carbocycles. The van der Waals surface area contributed by atoms with Gasteiger partial charge in [-0.15, -0.1) is 10.2 Å². The zero-order valence-corrected chi connectivity index (χ0v) is 20.1. The van der Waals surface area contributed by atoms with Gasteiger partial charge < -0.3 is 9.88 Å². The highest BCUT2D eigenvalue weighted by Crippen LogP contribution is 2.27. The van der Waals surface area contributed by atoms with Gasteiger partial charge in [-0.2, -0.15) is 0 Å². The number of anilines is 1. The van der Waals surface area contributed by atoms with E-state index in [4.69, 9.17) is 0 Å². The number of rotatable bonds is 7. The van der Waals surface area contributed by atoms with Crippen LogP contribution in [0.4, 0.5) is 10.1 Å². The Morgan fingerprint density at radius 3 is 2.38 bits per heavy atom. The molecule has 0 aliphatic heterocycles.